The van der Waals surface area contributed by atoms with Gasteiger partial charge in [0.15, 0.2) is 0 Å². The summed E-state index contributed by atoms with van der Waals surface area (Å²) in [5.41, 5.74) is 0.421. The van der Waals surface area contributed by atoms with Crippen LogP contribution in [-0.2, 0) is 14.3 Å². The third-order valence-electron chi connectivity index (χ3n) is 2.54. The molecule has 98 valence electrons. The summed E-state index contributed by atoms with van der Waals surface area (Å²) in [4.78, 5) is 22.9. The van der Waals surface area contributed by atoms with Crippen LogP contribution in [0, 0.1) is 5.92 Å². The van der Waals surface area contributed by atoms with E-state index >= 15 is 0 Å². The van der Waals surface area contributed by atoms with Gasteiger partial charge in [0.1, 0.15) is 0 Å². The Bertz CT molecular complexity index is 433. The van der Waals surface area contributed by atoms with Crippen molar-refractivity contribution in [3.05, 3.63) is 34.9 Å². The minimum Gasteiger partial charge on any atom is -0.848 e. The maximum Gasteiger partial charge on any atom is 1.00 e. The first-order valence-electron chi connectivity index (χ1n) is 5.59. The maximum atomic E-state index is 12.0. The Morgan fingerprint density at radius 3 is 2.32 bits per heavy atom. The molecule has 1 aromatic rings. The Labute approximate surface area is 129 Å². The normalized spacial score (nSPS) is 13.1. The van der Waals surface area contributed by atoms with E-state index in [4.69, 9.17) is 11.6 Å². The Morgan fingerprint density at radius 1 is 1.32 bits per heavy atom. The molecule has 4 nitrogen and oxygen atoms in total. The topological polar surface area (TPSA) is 66.4 Å². The van der Waals surface area contributed by atoms with Crippen LogP contribution < -0.4 is 24.0 Å². The molecule has 0 aromatic heterocycles. The molecule has 0 fully saturated rings. The number of carbonyl (C=O) groups is 2. The van der Waals surface area contributed by atoms with Crippen LogP contribution in [0.1, 0.15) is 25.5 Å². The van der Waals surface area contributed by atoms with Gasteiger partial charge in [-0.25, -0.2) is 4.79 Å². The minimum absolute atomic E-state index is 0. The predicted molar refractivity (Wildman–Crippen MR) is 65.0 cm³/mol. The van der Waals surface area contributed by atoms with Crippen LogP contribution in [0.3, 0.4) is 0 Å². The molecule has 1 aromatic carbocycles. The standard InChI is InChI=1S/C13H14ClO4.Li/c1-3-18-13(17)12(16)8(2)11(15)9-4-6-10(14)7-5-9;/h4-8,11H,3H2,1-2H3;/q-1;+1. The first-order chi connectivity index (χ1) is 8.47. The molecule has 0 saturated heterocycles. The second kappa shape index (κ2) is 8.39. The summed E-state index contributed by atoms with van der Waals surface area (Å²) in [5.74, 6) is -2.73. The molecule has 0 aliphatic carbocycles. The minimum atomic E-state index is -1.31. The zero-order valence-electron chi connectivity index (χ0n) is 11.2. The summed E-state index contributed by atoms with van der Waals surface area (Å²) in [6, 6.07) is 6.25. The average molecular weight is 277 g/mol. The number of Topliss-reactive ketones (excluding diaryl/α,β-unsaturated/α-hetero) is 1. The van der Waals surface area contributed by atoms with Crippen LogP contribution in [0.4, 0.5) is 0 Å². The molecule has 0 aliphatic rings. The van der Waals surface area contributed by atoms with E-state index in [1.54, 1.807) is 31.2 Å². The van der Waals surface area contributed by atoms with Crippen LogP contribution in [0.15, 0.2) is 24.3 Å². The third kappa shape index (κ3) is 5.00. The Kier molecular flexibility index (Phi) is 8.04. The summed E-state index contributed by atoms with van der Waals surface area (Å²) >= 11 is 5.71. The number of ether oxygens (including phenoxy) is 1. The van der Waals surface area contributed by atoms with Crippen molar-refractivity contribution < 1.29 is 38.3 Å². The van der Waals surface area contributed by atoms with Gasteiger partial charge in [0.05, 0.1) is 6.61 Å². The molecule has 0 heterocycles. The number of rotatable bonds is 5. The first kappa shape index (κ1) is 18.2. The van der Waals surface area contributed by atoms with Crippen molar-refractivity contribution in [3.8, 4) is 0 Å². The molecular formula is C13H14ClLiO4. The van der Waals surface area contributed by atoms with Gasteiger partial charge in [0.2, 0.25) is 5.78 Å². The molecule has 0 bridgehead atoms. The van der Waals surface area contributed by atoms with Gasteiger partial charge in [0.25, 0.3) is 0 Å². The van der Waals surface area contributed by atoms with E-state index in [2.05, 4.69) is 4.74 Å². The van der Waals surface area contributed by atoms with Gasteiger partial charge in [-0.1, -0.05) is 42.3 Å². The molecular weight excluding hydrogens is 263 g/mol. The average Bonchev–Trinajstić information content (AvgIpc) is 2.37. The fourth-order valence-corrected chi connectivity index (χ4v) is 1.59. The van der Waals surface area contributed by atoms with Crippen LogP contribution in [0.5, 0.6) is 0 Å². The predicted octanol–water partition coefficient (Wildman–Crippen LogP) is -1.49. The summed E-state index contributed by atoms with van der Waals surface area (Å²) < 4.78 is 4.58. The van der Waals surface area contributed by atoms with E-state index in [0.29, 0.717) is 10.6 Å². The number of carbonyl (C=O) groups excluding carboxylic acids is 2. The molecule has 0 saturated carbocycles. The Morgan fingerprint density at radius 2 is 1.84 bits per heavy atom. The van der Waals surface area contributed by atoms with E-state index in [0.717, 1.165) is 0 Å². The molecule has 0 N–H and O–H groups in total. The van der Waals surface area contributed by atoms with Crippen molar-refractivity contribution in [2.45, 2.75) is 20.0 Å². The first-order valence-corrected chi connectivity index (χ1v) is 5.97. The Hall–Kier alpha value is -0.793. The van der Waals surface area contributed by atoms with Gasteiger partial charge < -0.3 is 9.84 Å². The molecule has 6 heteroatoms. The second-order valence-corrected chi connectivity index (χ2v) is 4.28. The van der Waals surface area contributed by atoms with Gasteiger partial charge in [-0.05, 0) is 19.1 Å². The number of ketones is 1. The summed E-state index contributed by atoms with van der Waals surface area (Å²) in [5, 5.41) is 12.5. The van der Waals surface area contributed by atoms with Crippen molar-refractivity contribution in [1.82, 2.24) is 0 Å². The molecule has 1 rings (SSSR count). The van der Waals surface area contributed by atoms with Crippen molar-refractivity contribution in [2.24, 2.45) is 5.92 Å². The van der Waals surface area contributed by atoms with Crippen LogP contribution in [0.2, 0.25) is 5.02 Å². The van der Waals surface area contributed by atoms with Gasteiger partial charge in [0, 0.05) is 10.9 Å². The van der Waals surface area contributed by atoms with E-state index in [1.165, 1.54) is 6.92 Å². The number of halogens is 1. The van der Waals surface area contributed by atoms with Crippen molar-refractivity contribution in [2.75, 3.05) is 6.61 Å². The third-order valence-corrected chi connectivity index (χ3v) is 2.79. The van der Waals surface area contributed by atoms with E-state index in [9.17, 15) is 14.7 Å². The number of benzene rings is 1. The summed E-state index contributed by atoms with van der Waals surface area (Å²) in [7, 11) is 0. The largest absolute Gasteiger partial charge is 1.00 e. The fraction of sp³-hybridized carbons (Fsp3) is 0.385. The van der Waals surface area contributed by atoms with E-state index in [1.807, 2.05) is 0 Å². The van der Waals surface area contributed by atoms with E-state index in [-0.39, 0.29) is 25.5 Å². The molecule has 2 unspecified atom stereocenters. The number of esters is 1. The van der Waals surface area contributed by atoms with Crippen molar-refractivity contribution in [3.63, 3.8) is 0 Å². The summed E-state index contributed by atoms with van der Waals surface area (Å²) in [6.07, 6.45) is -1.31. The molecule has 0 spiro atoms. The van der Waals surface area contributed by atoms with Gasteiger partial charge in [-0.15, -0.1) is 0 Å². The van der Waals surface area contributed by atoms with Gasteiger partial charge >= 0.3 is 24.8 Å². The smallest absolute Gasteiger partial charge is 0.848 e. The van der Waals surface area contributed by atoms with Gasteiger partial charge in [-0.3, -0.25) is 4.79 Å². The molecule has 19 heavy (non-hydrogen) atoms. The SMILES string of the molecule is CCOC(=O)C(=O)C(C)C([O-])c1ccc(Cl)cc1.[Li+]. The molecule has 0 aliphatic heterocycles. The Balaban J connectivity index is 0.00000324. The van der Waals surface area contributed by atoms with Crippen molar-refractivity contribution in [1.29, 1.82) is 0 Å². The van der Waals surface area contributed by atoms with Crippen molar-refractivity contribution >= 4 is 23.4 Å². The van der Waals surface area contributed by atoms with Crippen LogP contribution >= 0.6 is 11.6 Å². The number of hydrogen-bond acceptors (Lipinski definition) is 4. The molecule has 0 radical (unpaired) electrons. The zero-order chi connectivity index (χ0) is 13.7. The monoisotopic (exact) mass is 276 g/mol. The molecule has 2 atom stereocenters. The maximum absolute atomic E-state index is 12.0. The zero-order valence-corrected chi connectivity index (χ0v) is 11.9. The summed E-state index contributed by atoms with van der Waals surface area (Å²) in [6.45, 7) is 3.14. The fourth-order valence-electron chi connectivity index (χ4n) is 1.47. The van der Waals surface area contributed by atoms with Crippen LogP contribution in [0.25, 0.3) is 0 Å². The number of hydrogen-bond donors (Lipinski definition) is 0. The van der Waals surface area contributed by atoms with Crippen LogP contribution in [-0.4, -0.2) is 18.4 Å². The van der Waals surface area contributed by atoms with Gasteiger partial charge in [-0.2, -0.15) is 0 Å². The second-order valence-electron chi connectivity index (χ2n) is 3.85. The van der Waals surface area contributed by atoms with E-state index < -0.39 is 23.8 Å². The molecule has 0 amide bonds. The quantitative estimate of drug-likeness (QED) is 0.373.